The van der Waals surface area contributed by atoms with Crippen LogP contribution in [0.3, 0.4) is 0 Å². The van der Waals surface area contributed by atoms with Crippen LogP contribution in [0.2, 0.25) is 0 Å². The number of hydrogen-bond acceptors (Lipinski definition) is 4. The van der Waals surface area contributed by atoms with Crippen molar-refractivity contribution in [3.63, 3.8) is 0 Å². The molecule has 0 saturated heterocycles. The number of carbonyl (C=O) groups excluding carboxylic acids is 2. The molecular weight excluding hydrogens is 264 g/mol. The summed E-state index contributed by atoms with van der Waals surface area (Å²) in [6, 6.07) is 4.03. The summed E-state index contributed by atoms with van der Waals surface area (Å²) in [6.45, 7) is 1.78. The predicted molar refractivity (Wildman–Crippen MR) is 56.8 cm³/mol. The normalized spacial score (nSPS) is 9.73. The van der Waals surface area contributed by atoms with Gasteiger partial charge in [0.05, 0.1) is 6.61 Å². The van der Waals surface area contributed by atoms with E-state index >= 15 is 0 Å². The zero-order chi connectivity index (χ0) is 11.4. The molecule has 0 heterocycles. The van der Waals surface area contributed by atoms with Gasteiger partial charge in [-0.15, -0.1) is 0 Å². The molecule has 1 aromatic carbocycles. The molecule has 0 amide bonds. The van der Waals surface area contributed by atoms with E-state index in [1.807, 2.05) is 0 Å². The summed E-state index contributed by atoms with van der Waals surface area (Å²) in [5.74, 6) is -1.62. The average Bonchev–Trinajstić information content (AvgIpc) is 2.17. The van der Waals surface area contributed by atoms with Crippen LogP contribution < -0.4 is 0 Å². The molecule has 0 radical (unpaired) electrons. The van der Waals surface area contributed by atoms with Gasteiger partial charge in [0.15, 0.2) is 0 Å². The number of rotatable bonds is 3. The lowest BCUT2D eigenvalue weighted by atomic mass is 10.1. The lowest BCUT2D eigenvalue weighted by molar-refractivity contribution is -0.137. The minimum absolute atomic E-state index is 0.0160. The molecule has 0 saturated carbocycles. The monoisotopic (exact) mass is 272 g/mol. The number of Topliss-reactive ketones (excluding diaryl/α,β-unsaturated/α-hetero) is 1. The van der Waals surface area contributed by atoms with E-state index in [2.05, 4.69) is 20.7 Å². The van der Waals surface area contributed by atoms with Crippen LogP contribution in [0.5, 0.6) is 5.75 Å². The van der Waals surface area contributed by atoms with Gasteiger partial charge in [0.25, 0.3) is 5.78 Å². The number of phenols is 1. The molecular formula is C10H9BrO4. The van der Waals surface area contributed by atoms with Crippen molar-refractivity contribution in [1.29, 1.82) is 0 Å². The number of ether oxygens (including phenoxy) is 1. The van der Waals surface area contributed by atoms with E-state index in [9.17, 15) is 9.59 Å². The topological polar surface area (TPSA) is 63.6 Å². The van der Waals surface area contributed by atoms with Crippen LogP contribution in [-0.4, -0.2) is 23.5 Å². The third-order valence-electron chi connectivity index (χ3n) is 1.66. The highest BCUT2D eigenvalue weighted by Gasteiger charge is 2.19. The van der Waals surface area contributed by atoms with Crippen LogP contribution in [0.25, 0.3) is 0 Å². The van der Waals surface area contributed by atoms with E-state index in [1.54, 1.807) is 6.92 Å². The SMILES string of the molecule is CCOC(=O)C(=O)c1ccc(O)cc1Br. The molecule has 0 aliphatic carbocycles. The fourth-order valence-corrected chi connectivity index (χ4v) is 1.54. The minimum Gasteiger partial charge on any atom is -0.508 e. The van der Waals surface area contributed by atoms with Crippen molar-refractivity contribution >= 4 is 27.7 Å². The van der Waals surface area contributed by atoms with Gasteiger partial charge in [-0.25, -0.2) is 4.79 Å². The van der Waals surface area contributed by atoms with E-state index in [0.29, 0.717) is 4.47 Å². The van der Waals surface area contributed by atoms with Gasteiger partial charge in [0, 0.05) is 10.0 Å². The van der Waals surface area contributed by atoms with E-state index in [1.165, 1.54) is 18.2 Å². The maximum atomic E-state index is 11.5. The summed E-state index contributed by atoms with van der Waals surface area (Å²) in [4.78, 5) is 22.6. The van der Waals surface area contributed by atoms with Crippen LogP contribution in [0.15, 0.2) is 22.7 Å². The molecule has 1 N–H and O–H groups in total. The average molecular weight is 273 g/mol. The van der Waals surface area contributed by atoms with Gasteiger partial charge in [-0.1, -0.05) is 0 Å². The first-order chi connectivity index (χ1) is 7.06. The highest BCUT2D eigenvalue weighted by molar-refractivity contribution is 9.10. The Hall–Kier alpha value is -1.36. The van der Waals surface area contributed by atoms with Crippen molar-refractivity contribution in [2.45, 2.75) is 6.92 Å². The van der Waals surface area contributed by atoms with Crippen LogP contribution >= 0.6 is 15.9 Å². The molecule has 0 spiro atoms. The Morgan fingerprint density at radius 1 is 1.47 bits per heavy atom. The molecule has 0 unspecified atom stereocenters. The Bertz CT molecular complexity index is 400. The Labute approximate surface area is 95.0 Å². The Morgan fingerprint density at radius 3 is 2.67 bits per heavy atom. The van der Waals surface area contributed by atoms with Gasteiger partial charge in [0.1, 0.15) is 5.75 Å². The summed E-state index contributed by atoms with van der Waals surface area (Å²) in [5, 5.41) is 9.10. The Balaban J connectivity index is 2.96. The number of phenolic OH excluding ortho intramolecular Hbond substituents is 1. The number of halogens is 1. The summed E-state index contributed by atoms with van der Waals surface area (Å²) in [5.41, 5.74) is 0.172. The van der Waals surface area contributed by atoms with E-state index in [4.69, 9.17) is 5.11 Å². The molecule has 0 atom stereocenters. The summed E-state index contributed by atoms with van der Waals surface area (Å²) >= 11 is 3.08. The largest absolute Gasteiger partial charge is 0.508 e. The highest BCUT2D eigenvalue weighted by Crippen LogP contribution is 2.22. The van der Waals surface area contributed by atoms with E-state index in [0.717, 1.165) is 0 Å². The van der Waals surface area contributed by atoms with Crippen molar-refractivity contribution in [2.75, 3.05) is 6.61 Å². The number of carbonyl (C=O) groups is 2. The second kappa shape index (κ2) is 4.93. The van der Waals surface area contributed by atoms with Gasteiger partial charge >= 0.3 is 5.97 Å². The molecule has 80 valence electrons. The smallest absolute Gasteiger partial charge is 0.379 e. The minimum atomic E-state index is -0.899. The molecule has 1 aromatic rings. The van der Waals surface area contributed by atoms with Crippen LogP contribution in [0.4, 0.5) is 0 Å². The lowest BCUT2D eigenvalue weighted by Crippen LogP contribution is -2.17. The maximum Gasteiger partial charge on any atom is 0.379 e. The van der Waals surface area contributed by atoms with Crippen molar-refractivity contribution in [2.24, 2.45) is 0 Å². The Morgan fingerprint density at radius 2 is 2.13 bits per heavy atom. The van der Waals surface area contributed by atoms with Crippen molar-refractivity contribution < 1.29 is 19.4 Å². The fraction of sp³-hybridized carbons (Fsp3) is 0.200. The lowest BCUT2D eigenvalue weighted by Gasteiger charge is -2.03. The molecule has 0 bridgehead atoms. The van der Waals surface area contributed by atoms with Crippen molar-refractivity contribution in [1.82, 2.24) is 0 Å². The first-order valence-corrected chi connectivity index (χ1v) is 5.05. The number of aromatic hydroxyl groups is 1. The number of ketones is 1. The molecule has 0 aliphatic heterocycles. The summed E-state index contributed by atoms with van der Waals surface area (Å²) in [6.07, 6.45) is 0. The first kappa shape index (κ1) is 11.7. The molecule has 0 fully saturated rings. The second-order valence-electron chi connectivity index (χ2n) is 2.71. The number of hydrogen-bond donors (Lipinski definition) is 1. The maximum absolute atomic E-state index is 11.5. The molecule has 0 aromatic heterocycles. The van der Waals surface area contributed by atoms with Gasteiger partial charge in [-0.3, -0.25) is 4.79 Å². The molecule has 4 nitrogen and oxygen atoms in total. The number of benzene rings is 1. The van der Waals surface area contributed by atoms with Crippen LogP contribution in [-0.2, 0) is 9.53 Å². The van der Waals surface area contributed by atoms with E-state index < -0.39 is 11.8 Å². The molecule has 1 rings (SSSR count). The molecule has 15 heavy (non-hydrogen) atoms. The fourth-order valence-electron chi connectivity index (χ4n) is 0.995. The second-order valence-corrected chi connectivity index (χ2v) is 3.57. The van der Waals surface area contributed by atoms with Crippen LogP contribution in [0, 0.1) is 0 Å². The quantitative estimate of drug-likeness (QED) is 0.519. The molecule has 0 aliphatic rings. The first-order valence-electron chi connectivity index (χ1n) is 4.26. The highest BCUT2D eigenvalue weighted by atomic mass is 79.9. The standard InChI is InChI=1S/C10H9BrO4/c1-2-15-10(14)9(13)7-4-3-6(12)5-8(7)11/h3-5,12H,2H2,1H3. The predicted octanol–water partition coefficient (Wildman–Crippen LogP) is 1.90. The third-order valence-corrected chi connectivity index (χ3v) is 2.31. The van der Waals surface area contributed by atoms with Gasteiger partial charge in [-0.05, 0) is 41.1 Å². The zero-order valence-electron chi connectivity index (χ0n) is 7.99. The van der Waals surface area contributed by atoms with Crippen molar-refractivity contribution in [3.05, 3.63) is 28.2 Å². The summed E-state index contributed by atoms with van der Waals surface area (Å²) in [7, 11) is 0. The van der Waals surface area contributed by atoms with E-state index in [-0.39, 0.29) is 17.9 Å². The van der Waals surface area contributed by atoms with Gasteiger partial charge in [0.2, 0.25) is 0 Å². The van der Waals surface area contributed by atoms with Gasteiger partial charge < -0.3 is 9.84 Å². The van der Waals surface area contributed by atoms with Crippen molar-refractivity contribution in [3.8, 4) is 5.75 Å². The third kappa shape index (κ3) is 2.79. The number of esters is 1. The zero-order valence-corrected chi connectivity index (χ0v) is 9.58. The van der Waals surface area contributed by atoms with Crippen LogP contribution in [0.1, 0.15) is 17.3 Å². The van der Waals surface area contributed by atoms with Gasteiger partial charge in [-0.2, -0.15) is 0 Å². The molecule has 5 heteroatoms. The Kier molecular flexibility index (Phi) is 3.85. The summed E-state index contributed by atoms with van der Waals surface area (Å²) < 4.78 is 4.93.